The molecule has 0 aromatic carbocycles. The molecule has 0 aliphatic heterocycles. The molecule has 0 aromatic rings. The number of carbonyl (C=O) groups excluding carboxylic acids is 2. The predicted molar refractivity (Wildman–Crippen MR) is 390 cm³/mol. The SMILES string of the molecule is CC/C=C\C/C=C\C/C=C\C/C=C\C/C=C\CCCCCCCCCCCCCCCCCCCCCCCCCCCC(=O)OC(CO)COC(=O)CCCCCCCCCCCCCCCCCCCCCCC/C=C\C/C=C\CCCCCCC. The third-order valence-corrected chi connectivity index (χ3v) is 17.7. The van der Waals surface area contributed by atoms with Gasteiger partial charge < -0.3 is 14.6 Å². The summed E-state index contributed by atoms with van der Waals surface area (Å²) in [4.78, 5) is 24.7. The monoisotopic (exact) mass is 1230 g/mol. The second-order valence-corrected chi connectivity index (χ2v) is 26.4. The van der Waals surface area contributed by atoms with Crippen LogP contribution in [-0.4, -0.2) is 36.4 Å². The number of rotatable bonds is 73. The summed E-state index contributed by atoms with van der Waals surface area (Å²) in [5, 5.41) is 9.73. The van der Waals surface area contributed by atoms with Crippen molar-refractivity contribution in [2.45, 2.75) is 418 Å². The molecule has 0 saturated carbocycles. The molecule has 1 atom stereocenters. The first-order chi connectivity index (χ1) is 43.6. The zero-order valence-electron chi connectivity index (χ0n) is 59.0. The maximum Gasteiger partial charge on any atom is 0.306 e. The van der Waals surface area contributed by atoms with Crippen LogP contribution >= 0.6 is 0 Å². The zero-order chi connectivity index (χ0) is 63.3. The maximum absolute atomic E-state index is 12.4. The van der Waals surface area contributed by atoms with E-state index in [1.807, 2.05) is 0 Å². The first kappa shape index (κ1) is 85.1. The van der Waals surface area contributed by atoms with Gasteiger partial charge in [-0.05, 0) is 89.9 Å². The molecule has 1 N–H and O–H groups in total. The van der Waals surface area contributed by atoms with E-state index in [4.69, 9.17) is 9.47 Å². The number of ether oxygens (including phenoxy) is 2. The number of aliphatic hydroxyl groups is 1. The normalized spacial score (nSPS) is 12.6. The number of carbonyl (C=O) groups is 2. The molecule has 0 saturated heterocycles. The molecular weight excluding hydrogens is 1080 g/mol. The third kappa shape index (κ3) is 75.5. The van der Waals surface area contributed by atoms with Crippen LogP contribution in [0.2, 0.25) is 0 Å². The number of hydrogen-bond donors (Lipinski definition) is 1. The molecule has 0 bridgehead atoms. The molecule has 5 heteroatoms. The maximum atomic E-state index is 12.4. The largest absolute Gasteiger partial charge is 0.462 e. The van der Waals surface area contributed by atoms with Crippen LogP contribution in [0.25, 0.3) is 0 Å². The van der Waals surface area contributed by atoms with Crippen molar-refractivity contribution in [3.8, 4) is 0 Å². The van der Waals surface area contributed by atoms with Crippen LogP contribution < -0.4 is 0 Å². The number of hydrogen-bond acceptors (Lipinski definition) is 5. The second-order valence-electron chi connectivity index (χ2n) is 26.4. The molecule has 1 unspecified atom stereocenters. The number of allylic oxidation sites excluding steroid dienone is 14. The van der Waals surface area contributed by atoms with Gasteiger partial charge in [-0.25, -0.2) is 0 Å². The third-order valence-electron chi connectivity index (χ3n) is 17.7. The van der Waals surface area contributed by atoms with Crippen molar-refractivity contribution < 1.29 is 24.2 Å². The minimum Gasteiger partial charge on any atom is -0.462 e. The summed E-state index contributed by atoms with van der Waals surface area (Å²) < 4.78 is 10.8. The Morgan fingerprint density at radius 2 is 0.489 bits per heavy atom. The Balaban J connectivity index is 3.38. The fourth-order valence-electron chi connectivity index (χ4n) is 11.9. The number of esters is 2. The summed E-state index contributed by atoms with van der Waals surface area (Å²) >= 11 is 0. The Morgan fingerprint density at radius 3 is 0.739 bits per heavy atom. The van der Waals surface area contributed by atoms with E-state index in [9.17, 15) is 14.7 Å². The van der Waals surface area contributed by atoms with Gasteiger partial charge in [0.1, 0.15) is 6.61 Å². The molecule has 0 rings (SSSR count). The zero-order valence-corrected chi connectivity index (χ0v) is 59.0. The van der Waals surface area contributed by atoms with Gasteiger partial charge in [-0.1, -0.05) is 394 Å². The molecule has 0 aromatic heterocycles. The summed E-state index contributed by atoms with van der Waals surface area (Å²) in [5.41, 5.74) is 0. The molecule has 5 nitrogen and oxygen atoms in total. The fraction of sp³-hybridized carbons (Fsp3) is 0.807. The van der Waals surface area contributed by atoms with Gasteiger partial charge in [0.2, 0.25) is 0 Å². The van der Waals surface area contributed by atoms with Gasteiger partial charge in [0.15, 0.2) is 6.10 Å². The van der Waals surface area contributed by atoms with Gasteiger partial charge in [-0.3, -0.25) is 9.59 Å². The van der Waals surface area contributed by atoms with E-state index in [2.05, 4.69) is 98.9 Å². The summed E-state index contributed by atoms with van der Waals surface area (Å²) in [6.45, 7) is 4.07. The highest BCUT2D eigenvalue weighted by molar-refractivity contribution is 5.70. The van der Waals surface area contributed by atoms with Crippen molar-refractivity contribution in [2.24, 2.45) is 0 Å². The molecule has 512 valence electrons. The Morgan fingerprint density at radius 1 is 0.273 bits per heavy atom. The number of unbranched alkanes of at least 4 members (excludes halogenated alkanes) is 51. The molecule has 88 heavy (non-hydrogen) atoms. The van der Waals surface area contributed by atoms with Gasteiger partial charge in [0.05, 0.1) is 6.61 Å². The molecule has 0 fully saturated rings. The smallest absolute Gasteiger partial charge is 0.306 e. The van der Waals surface area contributed by atoms with Crippen molar-refractivity contribution in [1.82, 2.24) is 0 Å². The average Bonchev–Trinajstić information content (AvgIpc) is 3.56. The van der Waals surface area contributed by atoms with E-state index in [0.29, 0.717) is 12.8 Å². The predicted octanol–water partition coefficient (Wildman–Crippen LogP) is 27.6. The van der Waals surface area contributed by atoms with Crippen molar-refractivity contribution in [2.75, 3.05) is 13.2 Å². The highest BCUT2D eigenvalue weighted by atomic mass is 16.6. The molecule has 0 aliphatic rings. The second kappa shape index (κ2) is 78.3. The fourth-order valence-corrected chi connectivity index (χ4v) is 11.9. The lowest BCUT2D eigenvalue weighted by atomic mass is 10.0. The Labute approximate surface area is 549 Å². The Kier molecular flexibility index (Phi) is 75.7. The summed E-state index contributed by atoms with van der Waals surface area (Å²) in [7, 11) is 0. The van der Waals surface area contributed by atoms with Gasteiger partial charge in [-0.2, -0.15) is 0 Å². The van der Waals surface area contributed by atoms with Crippen LogP contribution in [0.1, 0.15) is 412 Å². The highest BCUT2D eigenvalue weighted by Crippen LogP contribution is 2.19. The van der Waals surface area contributed by atoms with Crippen LogP contribution in [-0.2, 0) is 19.1 Å². The van der Waals surface area contributed by atoms with Crippen LogP contribution in [0.5, 0.6) is 0 Å². The lowest BCUT2D eigenvalue weighted by molar-refractivity contribution is -0.161. The van der Waals surface area contributed by atoms with Crippen LogP contribution in [0, 0.1) is 0 Å². The first-order valence-electron chi connectivity index (χ1n) is 39.1. The van der Waals surface area contributed by atoms with E-state index in [1.165, 1.54) is 308 Å². The van der Waals surface area contributed by atoms with E-state index < -0.39 is 6.10 Å². The lowest BCUT2D eigenvalue weighted by Crippen LogP contribution is -2.28. The van der Waals surface area contributed by atoms with Crippen molar-refractivity contribution in [3.05, 3.63) is 85.1 Å². The molecule has 0 heterocycles. The summed E-state index contributed by atoms with van der Waals surface area (Å²) in [5.74, 6) is -0.567. The van der Waals surface area contributed by atoms with Gasteiger partial charge >= 0.3 is 11.9 Å². The van der Waals surface area contributed by atoms with Crippen molar-refractivity contribution in [1.29, 1.82) is 0 Å². The summed E-state index contributed by atoms with van der Waals surface area (Å²) in [6, 6.07) is 0. The molecule has 0 spiro atoms. The van der Waals surface area contributed by atoms with Crippen LogP contribution in [0.15, 0.2) is 85.1 Å². The van der Waals surface area contributed by atoms with E-state index in [1.54, 1.807) is 0 Å². The van der Waals surface area contributed by atoms with Crippen LogP contribution in [0.4, 0.5) is 0 Å². The van der Waals surface area contributed by atoms with Crippen LogP contribution in [0.3, 0.4) is 0 Å². The van der Waals surface area contributed by atoms with E-state index >= 15 is 0 Å². The number of aliphatic hydroxyl groups excluding tert-OH is 1. The molecular formula is C83H150O5. The van der Waals surface area contributed by atoms with Crippen molar-refractivity contribution >= 4 is 11.9 Å². The molecule has 0 radical (unpaired) electrons. The standard InChI is InChI=1S/C83H150O5/c1-3-5-7-9-11-13-15-17-19-21-23-25-27-29-31-33-35-37-38-39-40-41-42-43-44-46-48-50-52-54-56-58-60-62-64-66-68-70-72-74-76-78-83(86)88-81(79-84)80-87-82(85)77-75-73-71-69-67-65-63-61-59-57-55-53-51-49-47-45-36-34-32-30-28-26-24-22-20-18-16-14-12-10-8-6-4-2/h5,7,11,13,16-19,22-25,29,31,81,84H,3-4,6,8-10,12,14-15,20-21,26-28,30,32-80H2,1-2H3/b7-5-,13-11-,18-16-,19-17-,24-22-,25-23-,31-29-. The van der Waals surface area contributed by atoms with Gasteiger partial charge in [0, 0.05) is 12.8 Å². The van der Waals surface area contributed by atoms with E-state index in [0.717, 1.165) is 77.0 Å². The molecule has 0 amide bonds. The van der Waals surface area contributed by atoms with Gasteiger partial charge in [-0.15, -0.1) is 0 Å². The molecule has 0 aliphatic carbocycles. The topological polar surface area (TPSA) is 72.8 Å². The minimum atomic E-state index is -0.773. The van der Waals surface area contributed by atoms with Gasteiger partial charge in [0.25, 0.3) is 0 Å². The van der Waals surface area contributed by atoms with Crippen molar-refractivity contribution in [3.63, 3.8) is 0 Å². The van der Waals surface area contributed by atoms with E-state index in [-0.39, 0.29) is 25.2 Å². The Bertz CT molecular complexity index is 1580. The average molecular weight is 1230 g/mol. The Hall–Kier alpha value is -2.92. The minimum absolute atomic E-state index is 0.0610. The first-order valence-corrected chi connectivity index (χ1v) is 39.1. The quantitative estimate of drug-likeness (QED) is 0.0373. The highest BCUT2D eigenvalue weighted by Gasteiger charge is 2.16. The summed E-state index contributed by atoms with van der Waals surface area (Å²) in [6.07, 6.45) is 111. The lowest BCUT2D eigenvalue weighted by Gasteiger charge is -2.15.